The Balaban J connectivity index is 2.02. The van der Waals surface area contributed by atoms with E-state index in [-0.39, 0.29) is 35.4 Å². The number of hydrogen-bond acceptors (Lipinski definition) is 2. The molecule has 0 aromatic heterocycles. The van der Waals surface area contributed by atoms with Crippen molar-refractivity contribution in [1.82, 2.24) is 4.90 Å². The fraction of sp³-hybridized carbons (Fsp3) is 0.917. The quantitative estimate of drug-likeness (QED) is 0.647. The van der Waals surface area contributed by atoms with Crippen LogP contribution in [-0.2, 0) is 4.79 Å². The van der Waals surface area contributed by atoms with E-state index in [0.717, 1.165) is 12.8 Å². The molecule has 2 saturated carbocycles. The summed E-state index contributed by atoms with van der Waals surface area (Å²) in [5.74, 6) is 1.24. The number of fused-ring (bicyclic) bond motifs is 1. The summed E-state index contributed by atoms with van der Waals surface area (Å²) in [5, 5.41) is 10.2. The van der Waals surface area contributed by atoms with Crippen molar-refractivity contribution >= 4 is 5.91 Å². The molecule has 0 radical (unpaired) electrons. The number of rotatable bonds is 0. The van der Waals surface area contributed by atoms with Gasteiger partial charge in [-0.25, -0.2) is 0 Å². The lowest BCUT2D eigenvalue weighted by atomic mass is 9.75. The Morgan fingerprint density at radius 1 is 1.33 bits per heavy atom. The van der Waals surface area contributed by atoms with Crippen LogP contribution in [0.4, 0.5) is 0 Å². The van der Waals surface area contributed by atoms with Gasteiger partial charge in [0.25, 0.3) is 0 Å². The predicted octanol–water partition coefficient (Wildman–Crippen LogP) is 1.01. The zero-order chi connectivity index (χ0) is 11.0. The Bertz CT molecular complexity index is 318. The molecule has 4 aliphatic rings. The molecule has 3 heteroatoms. The lowest BCUT2D eigenvalue weighted by Gasteiger charge is -2.52. The van der Waals surface area contributed by atoms with E-state index in [2.05, 4.69) is 20.8 Å². The van der Waals surface area contributed by atoms with Crippen LogP contribution >= 0.6 is 0 Å². The van der Waals surface area contributed by atoms with Gasteiger partial charge in [-0.1, -0.05) is 0 Å². The molecule has 5 atom stereocenters. The van der Waals surface area contributed by atoms with E-state index in [0.29, 0.717) is 5.92 Å². The summed E-state index contributed by atoms with van der Waals surface area (Å²) in [6.07, 6.45) is 1.83. The van der Waals surface area contributed by atoms with Gasteiger partial charge in [0.15, 0.2) is 0 Å². The van der Waals surface area contributed by atoms with E-state index in [1.807, 2.05) is 4.90 Å². The highest BCUT2D eigenvalue weighted by Gasteiger charge is 2.63. The smallest absolute Gasteiger partial charge is 0.226 e. The van der Waals surface area contributed by atoms with Crippen molar-refractivity contribution in [3.05, 3.63) is 0 Å². The molecule has 2 aliphatic carbocycles. The summed E-state index contributed by atoms with van der Waals surface area (Å²) in [6.45, 7) is 6.20. The molecule has 4 fully saturated rings. The molecule has 0 spiro atoms. The van der Waals surface area contributed by atoms with Gasteiger partial charge in [0.1, 0.15) is 0 Å². The van der Waals surface area contributed by atoms with Crippen LogP contribution in [0.1, 0.15) is 33.6 Å². The lowest BCUT2D eigenvalue weighted by molar-refractivity contribution is -0.167. The van der Waals surface area contributed by atoms with E-state index in [1.165, 1.54) is 0 Å². The first kappa shape index (κ1) is 9.64. The molecule has 5 unspecified atom stereocenters. The lowest BCUT2D eigenvalue weighted by Crippen LogP contribution is -2.65. The first-order valence-electron chi connectivity index (χ1n) is 5.92. The summed E-state index contributed by atoms with van der Waals surface area (Å²) in [5.41, 5.74) is -0.144. The highest BCUT2D eigenvalue weighted by Crippen LogP contribution is 2.56. The van der Waals surface area contributed by atoms with Crippen molar-refractivity contribution in [3.63, 3.8) is 0 Å². The van der Waals surface area contributed by atoms with Crippen LogP contribution in [0.3, 0.4) is 0 Å². The third-order valence-electron chi connectivity index (χ3n) is 4.50. The number of piperidine rings is 2. The summed E-state index contributed by atoms with van der Waals surface area (Å²) < 4.78 is 0. The van der Waals surface area contributed by atoms with Crippen molar-refractivity contribution in [2.45, 2.75) is 51.3 Å². The number of hydrogen-bond donors (Lipinski definition) is 1. The maximum Gasteiger partial charge on any atom is 0.226 e. The standard InChI is InChI=1S/C12H19NO2/c1-12(2,3)13-9-6-4-7(10(9)14)8(5-6)11(13)15/h6-10,14H,4-5H2,1-3H3. The highest BCUT2D eigenvalue weighted by atomic mass is 16.3. The normalized spacial score (nSPS) is 48.1. The van der Waals surface area contributed by atoms with E-state index < -0.39 is 0 Å². The second-order valence-corrected chi connectivity index (χ2v) is 6.36. The minimum atomic E-state index is -0.259. The largest absolute Gasteiger partial charge is 0.391 e. The maximum atomic E-state index is 12.2. The third-order valence-corrected chi connectivity index (χ3v) is 4.50. The topological polar surface area (TPSA) is 40.5 Å². The number of aliphatic hydroxyl groups is 1. The first-order chi connectivity index (χ1) is 6.91. The Morgan fingerprint density at radius 2 is 2.00 bits per heavy atom. The van der Waals surface area contributed by atoms with Crippen LogP contribution in [0.25, 0.3) is 0 Å². The van der Waals surface area contributed by atoms with Gasteiger partial charge in [0, 0.05) is 11.5 Å². The average molecular weight is 209 g/mol. The average Bonchev–Trinajstić information content (AvgIpc) is 2.60. The molecular weight excluding hydrogens is 190 g/mol. The number of carbonyl (C=O) groups excluding carboxylic acids is 1. The fourth-order valence-electron chi connectivity index (χ4n) is 4.05. The summed E-state index contributed by atoms with van der Waals surface area (Å²) >= 11 is 0. The minimum Gasteiger partial charge on any atom is -0.391 e. The molecule has 2 aliphatic heterocycles. The Hall–Kier alpha value is -0.570. The van der Waals surface area contributed by atoms with Crippen LogP contribution in [0, 0.1) is 17.8 Å². The SMILES string of the molecule is CC(C)(C)N1C(=O)C2CC3CC2C(O)C31. The van der Waals surface area contributed by atoms with Gasteiger partial charge in [-0.05, 0) is 45.4 Å². The molecule has 4 rings (SSSR count). The second kappa shape index (κ2) is 2.57. The molecule has 2 saturated heterocycles. The van der Waals surface area contributed by atoms with Gasteiger partial charge in [0.2, 0.25) is 5.91 Å². The number of carbonyl (C=O) groups is 1. The number of amides is 1. The van der Waals surface area contributed by atoms with Crippen LogP contribution in [0.15, 0.2) is 0 Å². The molecular formula is C12H19NO2. The molecule has 3 nitrogen and oxygen atoms in total. The van der Waals surface area contributed by atoms with Crippen molar-refractivity contribution in [2.75, 3.05) is 0 Å². The summed E-state index contributed by atoms with van der Waals surface area (Å²) in [7, 11) is 0. The van der Waals surface area contributed by atoms with Crippen molar-refractivity contribution < 1.29 is 9.90 Å². The zero-order valence-electron chi connectivity index (χ0n) is 9.60. The number of aliphatic hydroxyl groups excluding tert-OH is 1. The number of nitrogens with zero attached hydrogens (tertiary/aromatic N) is 1. The molecule has 1 amide bonds. The molecule has 1 N–H and O–H groups in total. The van der Waals surface area contributed by atoms with E-state index in [9.17, 15) is 9.90 Å². The molecule has 4 bridgehead atoms. The Kier molecular flexibility index (Phi) is 1.65. The van der Waals surface area contributed by atoms with Crippen LogP contribution < -0.4 is 0 Å². The molecule has 0 aromatic carbocycles. The summed E-state index contributed by atoms with van der Waals surface area (Å²) in [4.78, 5) is 14.2. The highest BCUT2D eigenvalue weighted by molar-refractivity contribution is 5.83. The van der Waals surface area contributed by atoms with Gasteiger partial charge >= 0.3 is 0 Å². The van der Waals surface area contributed by atoms with Crippen molar-refractivity contribution in [1.29, 1.82) is 0 Å². The van der Waals surface area contributed by atoms with Crippen LogP contribution in [-0.4, -0.2) is 33.6 Å². The van der Waals surface area contributed by atoms with Crippen LogP contribution in [0.2, 0.25) is 0 Å². The van der Waals surface area contributed by atoms with Gasteiger partial charge in [-0.2, -0.15) is 0 Å². The zero-order valence-corrected chi connectivity index (χ0v) is 9.60. The Morgan fingerprint density at radius 3 is 2.53 bits per heavy atom. The molecule has 84 valence electrons. The van der Waals surface area contributed by atoms with E-state index in [1.54, 1.807) is 0 Å². The van der Waals surface area contributed by atoms with Gasteiger partial charge < -0.3 is 10.0 Å². The van der Waals surface area contributed by atoms with Crippen molar-refractivity contribution in [3.8, 4) is 0 Å². The molecule has 15 heavy (non-hydrogen) atoms. The van der Waals surface area contributed by atoms with Gasteiger partial charge in [-0.15, -0.1) is 0 Å². The van der Waals surface area contributed by atoms with Crippen molar-refractivity contribution in [2.24, 2.45) is 17.8 Å². The van der Waals surface area contributed by atoms with E-state index >= 15 is 0 Å². The second-order valence-electron chi connectivity index (χ2n) is 6.36. The van der Waals surface area contributed by atoms with E-state index in [4.69, 9.17) is 0 Å². The minimum absolute atomic E-state index is 0.104. The monoisotopic (exact) mass is 209 g/mol. The third kappa shape index (κ3) is 1.02. The molecule has 2 heterocycles. The Labute approximate surface area is 90.5 Å². The first-order valence-corrected chi connectivity index (χ1v) is 5.92. The predicted molar refractivity (Wildman–Crippen MR) is 56.1 cm³/mol. The maximum absolute atomic E-state index is 12.2. The molecule has 0 aromatic rings. The van der Waals surface area contributed by atoms with Gasteiger partial charge in [0.05, 0.1) is 12.1 Å². The van der Waals surface area contributed by atoms with Gasteiger partial charge in [-0.3, -0.25) is 4.79 Å². The summed E-state index contributed by atoms with van der Waals surface area (Å²) in [6, 6.07) is 0.104. The fourth-order valence-corrected chi connectivity index (χ4v) is 4.05. The van der Waals surface area contributed by atoms with Crippen LogP contribution in [0.5, 0.6) is 0 Å².